The minimum Gasteiger partial charge on any atom is -0.378 e. The molecule has 0 rings (SSSR count). The second-order valence-electron chi connectivity index (χ2n) is 2.35. The number of carbonyl (C=O) groups excluding carboxylic acids is 1. The van der Waals surface area contributed by atoms with Crippen LogP contribution < -0.4 is 5.32 Å². The second kappa shape index (κ2) is 6.12. The Labute approximate surface area is 86.4 Å². The van der Waals surface area contributed by atoms with Crippen molar-refractivity contribution in [3.8, 4) is 0 Å². The highest BCUT2D eigenvalue weighted by Gasteiger charge is 2.15. The van der Waals surface area contributed by atoms with E-state index in [9.17, 15) is 9.18 Å². The number of isothiocyanates is 1. The van der Waals surface area contributed by atoms with E-state index >= 15 is 0 Å². The van der Waals surface area contributed by atoms with E-state index in [0.29, 0.717) is 6.54 Å². The molecular weight excluding hydrogens is 205 g/mol. The summed E-state index contributed by atoms with van der Waals surface area (Å²) in [7, 11) is 0. The highest BCUT2D eigenvalue weighted by atomic mass is 32.1. The smallest absolute Gasteiger partial charge is 0.305 e. The summed E-state index contributed by atoms with van der Waals surface area (Å²) >= 11 is 4.22. The number of likely N-dealkylation sites (N-methyl/N-ethyl adjacent to an activating group) is 1. The molecule has 0 aliphatic carbocycles. The number of allylic oxidation sites excluding steroid dienone is 1. The predicted molar refractivity (Wildman–Crippen MR) is 55.2 cm³/mol. The Kier molecular flexibility index (Phi) is 5.52. The molecule has 6 heteroatoms. The van der Waals surface area contributed by atoms with Crippen LogP contribution in [-0.4, -0.2) is 23.3 Å². The summed E-state index contributed by atoms with van der Waals surface area (Å²) < 4.78 is 13.2. The summed E-state index contributed by atoms with van der Waals surface area (Å²) in [6.45, 7) is 3.29. The molecule has 0 aliphatic heterocycles. The summed E-state index contributed by atoms with van der Waals surface area (Å²) in [4.78, 5) is 14.2. The van der Waals surface area contributed by atoms with E-state index in [1.165, 1.54) is 6.92 Å². The lowest BCUT2D eigenvalue weighted by Crippen LogP contribution is -2.21. The van der Waals surface area contributed by atoms with Gasteiger partial charge < -0.3 is 10.7 Å². The normalized spacial score (nSPS) is 11.1. The molecule has 0 aromatic rings. The summed E-state index contributed by atoms with van der Waals surface area (Å²) in [5.41, 5.74) is -0.689. The first-order valence-corrected chi connectivity index (χ1v) is 4.26. The van der Waals surface area contributed by atoms with Gasteiger partial charge in [-0.2, -0.15) is 4.99 Å². The summed E-state index contributed by atoms with van der Waals surface area (Å²) in [6, 6.07) is 0. The monoisotopic (exact) mass is 215 g/mol. The van der Waals surface area contributed by atoms with Crippen molar-refractivity contribution >= 4 is 29.0 Å². The fourth-order valence-corrected chi connectivity index (χ4v) is 0.792. The van der Waals surface area contributed by atoms with Crippen LogP contribution >= 0.6 is 12.2 Å². The number of hydrogen-bond acceptors (Lipinski definition) is 4. The van der Waals surface area contributed by atoms with Gasteiger partial charge in [-0.3, -0.25) is 4.79 Å². The van der Waals surface area contributed by atoms with Crippen molar-refractivity contribution in [1.82, 2.24) is 5.32 Å². The van der Waals surface area contributed by atoms with Gasteiger partial charge in [-0.15, -0.1) is 0 Å². The molecule has 0 radical (unpaired) electrons. The van der Waals surface area contributed by atoms with Gasteiger partial charge in [-0.05, 0) is 26.1 Å². The van der Waals surface area contributed by atoms with Crippen LogP contribution in [-0.2, 0) is 4.79 Å². The lowest BCUT2D eigenvalue weighted by atomic mass is 10.2. The summed E-state index contributed by atoms with van der Waals surface area (Å²) in [6.07, 6.45) is 0. The molecule has 0 aromatic heterocycles. The van der Waals surface area contributed by atoms with Gasteiger partial charge in [0.1, 0.15) is 5.70 Å². The Morgan fingerprint density at radius 1 is 1.71 bits per heavy atom. The quantitative estimate of drug-likeness (QED) is 0.424. The molecule has 1 amide bonds. The summed E-state index contributed by atoms with van der Waals surface area (Å²) in [5, 5.41) is 11.4. The fraction of sp³-hybridized carbons (Fsp3) is 0.375. The maximum atomic E-state index is 13.2. The molecule has 14 heavy (non-hydrogen) atoms. The highest BCUT2D eigenvalue weighted by molar-refractivity contribution is 7.78. The zero-order chi connectivity index (χ0) is 11.1. The van der Waals surface area contributed by atoms with E-state index in [0.717, 1.165) is 0 Å². The van der Waals surface area contributed by atoms with Gasteiger partial charge in [0, 0.05) is 6.54 Å². The molecule has 0 saturated heterocycles. The van der Waals surface area contributed by atoms with Crippen LogP contribution in [0.5, 0.6) is 0 Å². The first kappa shape index (κ1) is 12.6. The van der Waals surface area contributed by atoms with Gasteiger partial charge in [-0.25, -0.2) is 4.39 Å². The molecule has 0 aliphatic rings. The molecule has 0 atom stereocenters. The maximum absolute atomic E-state index is 13.2. The zero-order valence-corrected chi connectivity index (χ0v) is 8.67. The highest BCUT2D eigenvalue weighted by Crippen LogP contribution is 2.06. The van der Waals surface area contributed by atoms with Crippen molar-refractivity contribution in [2.45, 2.75) is 13.8 Å². The lowest BCUT2D eigenvalue weighted by Gasteiger charge is -2.05. The van der Waals surface area contributed by atoms with Crippen molar-refractivity contribution in [3.63, 3.8) is 0 Å². The molecule has 0 bridgehead atoms. The standard InChI is InChI=1S/C8H10FN3OS/c1-3-11-7(6(9)5(2)10)8(13)12-4-14/h10-11H,3H2,1-2H3/b7-6+,10-5?. The Morgan fingerprint density at radius 3 is 2.64 bits per heavy atom. The molecule has 2 N–H and O–H groups in total. The van der Waals surface area contributed by atoms with Gasteiger partial charge in [-0.1, -0.05) is 0 Å². The van der Waals surface area contributed by atoms with E-state index in [1.807, 2.05) is 5.16 Å². The van der Waals surface area contributed by atoms with Crippen LogP contribution in [0.4, 0.5) is 4.39 Å². The van der Waals surface area contributed by atoms with E-state index < -0.39 is 11.7 Å². The van der Waals surface area contributed by atoms with E-state index in [4.69, 9.17) is 5.41 Å². The Hall–Kier alpha value is -1.39. The van der Waals surface area contributed by atoms with E-state index in [1.54, 1.807) is 6.92 Å². The molecular formula is C8H10FN3OS. The predicted octanol–water partition coefficient (Wildman–Crippen LogP) is 1.45. The number of nitrogens with one attached hydrogen (secondary N) is 2. The number of halogens is 1. The molecule has 0 unspecified atom stereocenters. The van der Waals surface area contributed by atoms with Crippen LogP contribution in [0.25, 0.3) is 0 Å². The Morgan fingerprint density at radius 2 is 2.29 bits per heavy atom. The summed E-state index contributed by atoms with van der Waals surface area (Å²) in [5.74, 6) is -1.78. The SMILES string of the molecule is CCN/C(C(=O)N=C=S)=C(/F)C(C)=N. The van der Waals surface area contributed by atoms with Crippen LogP contribution in [0.1, 0.15) is 13.8 Å². The molecule has 0 saturated carbocycles. The van der Waals surface area contributed by atoms with Gasteiger partial charge in [0.15, 0.2) is 5.83 Å². The number of nitrogens with zero attached hydrogens (tertiary/aromatic N) is 1. The van der Waals surface area contributed by atoms with E-state index in [2.05, 4.69) is 22.5 Å². The van der Waals surface area contributed by atoms with Crippen molar-refractivity contribution in [1.29, 1.82) is 5.41 Å². The Balaban J connectivity index is 5.12. The number of carbonyl (C=O) groups is 1. The second-order valence-corrected chi connectivity index (χ2v) is 2.54. The minimum atomic E-state index is -0.925. The number of aliphatic imine (C=N–C) groups is 1. The molecule has 0 spiro atoms. The van der Waals surface area contributed by atoms with Crippen LogP contribution in [0.15, 0.2) is 16.5 Å². The Bertz CT molecular complexity index is 331. The molecule has 0 aromatic carbocycles. The van der Waals surface area contributed by atoms with Crippen LogP contribution in [0.2, 0.25) is 0 Å². The van der Waals surface area contributed by atoms with Crippen LogP contribution in [0, 0.1) is 5.41 Å². The van der Waals surface area contributed by atoms with Gasteiger partial charge in [0.2, 0.25) is 0 Å². The third-order valence-electron chi connectivity index (χ3n) is 1.26. The minimum absolute atomic E-state index is 0.339. The largest absolute Gasteiger partial charge is 0.378 e. The maximum Gasteiger partial charge on any atom is 0.305 e. The number of rotatable bonds is 4. The number of hydrogen-bond donors (Lipinski definition) is 2. The first-order chi connectivity index (χ1) is 6.54. The average Bonchev–Trinajstić information content (AvgIpc) is 2.13. The van der Waals surface area contributed by atoms with Crippen molar-refractivity contribution in [3.05, 3.63) is 11.5 Å². The molecule has 0 heterocycles. The van der Waals surface area contributed by atoms with Gasteiger partial charge in [0.25, 0.3) is 0 Å². The van der Waals surface area contributed by atoms with Gasteiger partial charge in [0.05, 0.1) is 10.9 Å². The lowest BCUT2D eigenvalue weighted by molar-refractivity contribution is -0.114. The number of amides is 1. The fourth-order valence-electron chi connectivity index (χ4n) is 0.709. The van der Waals surface area contributed by atoms with E-state index in [-0.39, 0.29) is 11.4 Å². The first-order valence-electron chi connectivity index (χ1n) is 3.86. The van der Waals surface area contributed by atoms with Crippen molar-refractivity contribution < 1.29 is 9.18 Å². The average molecular weight is 215 g/mol. The number of thiocarbonyl (C=S) groups is 1. The third kappa shape index (κ3) is 3.55. The topological polar surface area (TPSA) is 65.3 Å². The molecule has 76 valence electrons. The molecule has 0 fully saturated rings. The van der Waals surface area contributed by atoms with Crippen LogP contribution in [0.3, 0.4) is 0 Å². The van der Waals surface area contributed by atoms with Crippen molar-refractivity contribution in [2.24, 2.45) is 4.99 Å². The zero-order valence-electron chi connectivity index (χ0n) is 7.85. The third-order valence-corrected chi connectivity index (χ3v) is 1.35. The van der Waals surface area contributed by atoms with Gasteiger partial charge >= 0.3 is 5.91 Å². The van der Waals surface area contributed by atoms with Crippen molar-refractivity contribution in [2.75, 3.05) is 6.54 Å². The molecule has 4 nitrogen and oxygen atoms in total.